The summed E-state index contributed by atoms with van der Waals surface area (Å²) in [4.78, 5) is 20.5. The van der Waals surface area contributed by atoms with Crippen LogP contribution >= 0.6 is 0 Å². The Hall–Kier alpha value is -1.65. The van der Waals surface area contributed by atoms with E-state index in [4.69, 9.17) is 0 Å². The molecule has 1 aromatic heterocycles. The van der Waals surface area contributed by atoms with Gasteiger partial charge in [-0.05, 0) is 31.1 Å². The van der Waals surface area contributed by atoms with Crippen LogP contribution in [-0.4, -0.2) is 29.0 Å². The number of anilines is 1. The van der Waals surface area contributed by atoms with Crippen LogP contribution in [0, 0.1) is 11.8 Å². The Kier molecular flexibility index (Phi) is 5.96. The Morgan fingerprint density at radius 3 is 3.00 bits per heavy atom. The lowest BCUT2D eigenvalue weighted by Crippen LogP contribution is -2.32. The minimum atomic E-state index is -0.124. The van der Waals surface area contributed by atoms with Crippen molar-refractivity contribution >= 4 is 11.7 Å². The first-order valence-electron chi connectivity index (χ1n) is 8.03. The van der Waals surface area contributed by atoms with Gasteiger partial charge < -0.3 is 10.6 Å². The number of carbonyl (C=O) groups is 1. The highest BCUT2D eigenvalue weighted by Crippen LogP contribution is 2.27. The van der Waals surface area contributed by atoms with Crippen molar-refractivity contribution in [1.82, 2.24) is 15.3 Å². The molecule has 0 saturated heterocycles. The van der Waals surface area contributed by atoms with Crippen molar-refractivity contribution in [3.8, 4) is 0 Å². The van der Waals surface area contributed by atoms with E-state index < -0.39 is 0 Å². The molecule has 0 bridgehead atoms. The molecule has 1 aliphatic carbocycles. The van der Waals surface area contributed by atoms with Crippen molar-refractivity contribution in [3.05, 3.63) is 18.1 Å². The third-order valence-electron chi connectivity index (χ3n) is 4.02. The van der Waals surface area contributed by atoms with Gasteiger partial charge in [-0.3, -0.25) is 9.78 Å². The molecule has 1 aromatic rings. The fraction of sp³-hybridized carbons (Fsp3) is 0.688. The zero-order valence-corrected chi connectivity index (χ0v) is 13.1. The van der Waals surface area contributed by atoms with Gasteiger partial charge in [0.05, 0.1) is 12.4 Å². The number of nitrogens with zero attached hydrogens (tertiary/aromatic N) is 2. The summed E-state index contributed by atoms with van der Waals surface area (Å²) in [5.74, 6) is 1.92. The topological polar surface area (TPSA) is 66.9 Å². The van der Waals surface area contributed by atoms with E-state index in [1.807, 2.05) is 0 Å². The van der Waals surface area contributed by atoms with Crippen LogP contribution in [0.15, 0.2) is 12.4 Å². The maximum absolute atomic E-state index is 12.2. The summed E-state index contributed by atoms with van der Waals surface area (Å²) in [5.41, 5.74) is 0.389. The maximum atomic E-state index is 12.2. The Labute approximate surface area is 127 Å². The van der Waals surface area contributed by atoms with E-state index >= 15 is 0 Å². The zero-order chi connectivity index (χ0) is 15.1. The number of nitrogens with one attached hydrogen (secondary N) is 2. The standard InChI is InChI=1S/C16H26N4O/c1-3-7-18-15-11-17-10-14(20-15)16(21)19-9-13-6-4-5-12(2)8-13/h10-13H,3-9H2,1-2H3,(H,18,20)(H,19,21). The molecule has 0 radical (unpaired) electrons. The highest BCUT2D eigenvalue weighted by atomic mass is 16.1. The molecule has 5 heteroatoms. The predicted octanol–water partition coefficient (Wildman–Crippen LogP) is 2.85. The molecule has 21 heavy (non-hydrogen) atoms. The van der Waals surface area contributed by atoms with E-state index in [0.29, 0.717) is 17.4 Å². The Balaban J connectivity index is 1.85. The van der Waals surface area contributed by atoms with Gasteiger partial charge in [-0.25, -0.2) is 4.98 Å². The van der Waals surface area contributed by atoms with E-state index in [-0.39, 0.29) is 5.91 Å². The number of hydrogen-bond acceptors (Lipinski definition) is 4. The van der Waals surface area contributed by atoms with Gasteiger partial charge in [-0.15, -0.1) is 0 Å². The normalized spacial score (nSPS) is 21.8. The van der Waals surface area contributed by atoms with E-state index in [1.54, 1.807) is 6.20 Å². The molecular weight excluding hydrogens is 264 g/mol. The average Bonchev–Trinajstić information content (AvgIpc) is 2.51. The van der Waals surface area contributed by atoms with Gasteiger partial charge in [-0.1, -0.05) is 26.7 Å². The summed E-state index contributed by atoms with van der Waals surface area (Å²) in [6.45, 7) is 5.96. The first-order chi connectivity index (χ1) is 10.2. The molecule has 5 nitrogen and oxygen atoms in total. The van der Waals surface area contributed by atoms with Gasteiger partial charge in [0.15, 0.2) is 0 Å². The van der Waals surface area contributed by atoms with Crippen LogP contribution in [0.5, 0.6) is 0 Å². The Bertz CT molecular complexity index is 463. The molecule has 1 heterocycles. The molecule has 0 spiro atoms. The second-order valence-electron chi connectivity index (χ2n) is 6.06. The summed E-state index contributed by atoms with van der Waals surface area (Å²) < 4.78 is 0. The third kappa shape index (κ3) is 4.99. The molecule has 116 valence electrons. The molecule has 1 amide bonds. The second kappa shape index (κ2) is 7.96. The number of amides is 1. The summed E-state index contributed by atoms with van der Waals surface area (Å²) in [5, 5.41) is 6.15. The molecular formula is C16H26N4O. The molecule has 1 saturated carbocycles. The zero-order valence-electron chi connectivity index (χ0n) is 13.1. The summed E-state index contributed by atoms with van der Waals surface area (Å²) in [6, 6.07) is 0. The lowest BCUT2D eigenvalue weighted by molar-refractivity contribution is 0.0935. The Morgan fingerprint density at radius 2 is 2.24 bits per heavy atom. The number of carbonyl (C=O) groups excluding carboxylic acids is 1. The van der Waals surface area contributed by atoms with Crippen LogP contribution in [0.2, 0.25) is 0 Å². The first kappa shape index (κ1) is 15.7. The van der Waals surface area contributed by atoms with Gasteiger partial charge in [0.1, 0.15) is 11.5 Å². The molecule has 2 unspecified atom stereocenters. The number of aromatic nitrogens is 2. The highest BCUT2D eigenvalue weighted by Gasteiger charge is 2.19. The quantitative estimate of drug-likeness (QED) is 0.845. The van der Waals surface area contributed by atoms with Crippen LogP contribution in [0.3, 0.4) is 0 Å². The predicted molar refractivity (Wildman–Crippen MR) is 84.3 cm³/mol. The lowest BCUT2D eigenvalue weighted by Gasteiger charge is -2.26. The van der Waals surface area contributed by atoms with Crippen molar-refractivity contribution in [1.29, 1.82) is 0 Å². The van der Waals surface area contributed by atoms with Gasteiger partial charge >= 0.3 is 0 Å². The molecule has 1 fully saturated rings. The van der Waals surface area contributed by atoms with Crippen molar-refractivity contribution in [3.63, 3.8) is 0 Å². The van der Waals surface area contributed by atoms with E-state index in [1.165, 1.54) is 31.9 Å². The van der Waals surface area contributed by atoms with Gasteiger partial charge in [0, 0.05) is 13.1 Å². The van der Waals surface area contributed by atoms with E-state index in [2.05, 4.69) is 34.4 Å². The maximum Gasteiger partial charge on any atom is 0.271 e. The largest absolute Gasteiger partial charge is 0.369 e. The monoisotopic (exact) mass is 290 g/mol. The summed E-state index contributed by atoms with van der Waals surface area (Å²) in [7, 11) is 0. The molecule has 0 aliphatic heterocycles. The van der Waals surface area contributed by atoms with Crippen molar-refractivity contribution in [2.75, 3.05) is 18.4 Å². The van der Waals surface area contributed by atoms with Crippen LogP contribution < -0.4 is 10.6 Å². The van der Waals surface area contributed by atoms with Gasteiger partial charge in [0.25, 0.3) is 5.91 Å². The van der Waals surface area contributed by atoms with Gasteiger partial charge in [-0.2, -0.15) is 0 Å². The highest BCUT2D eigenvalue weighted by molar-refractivity contribution is 5.92. The number of hydrogen-bond donors (Lipinski definition) is 2. The fourth-order valence-corrected chi connectivity index (χ4v) is 2.89. The lowest BCUT2D eigenvalue weighted by atomic mass is 9.82. The van der Waals surface area contributed by atoms with Crippen LogP contribution in [-0.2, 0) is 0 Å². The third-order valence-corrected chi connectivity index (χ3v) is 4.02. The van der Waals surface area contributed by atoms with E-state index in [0.717, 1.165) is 25.4 Å². The SMILES string of the molecule is CCCNc1cncc(C(=O)NCC2CCCC(C)C2)n1. The minimum Gasteiger partial charge on any atom is -0.369 e. The second-order valence-corrected chi connectivity index (χ2v) is 6.06. The van der Waals surface area contributed by atoms with Crippen molar-refractivity contribution in [2.45, 2.75) is 46.0 Å². The van der Waals surface area contributed by atoms with Crippen LogP contribution in [0.4, 0.5) is 5.82 Å². The molecule has 2 atom stereocenters. The summed E-state index contributed by atoms with van der Waals surface area (Å²) >= 11 is 0. The fourth-order valence-electron chi connectivity index (χ4n) is 2.89. The van der Waals surface area contributed by atoms with E-state index in [9.17, 15) is 4.79 Å². The first-order valence-corrected chi connectivity index (χ1v) is 8.03. The average molecular weight is 290 g/mol. The van der Waals surface area contributed by atoms with Crippen LogP contribution in [0.1, 0.15) is 56.4 Å². The number of rotatable bonds is 6. The van der Waals surface area contributed by atoms with Crippen molar-refractivity contribution in [2.24, 2.45) is 11.8 Å². The molecule has 0 aromatic carbocycles. The molecule has 2 N–H and O–H groups in total. The molecule has 2 rings (SSSR count). The summed E-state index contributed by atoms with van der Waals surface area (Å²) in [6.07, 6.45) is 9.21. The Morgan fingerprint density at radius 1 is 1.38 bits per heavy atom. The van der Waals surface area contributed by atoms with Crippen LogP contribution in [0.25, 0.3) is 0 Å². The minimum absolute atomic E-state index is 0.124. The smallest absolute Gasteiger partial charge is 0.271 e. The van der Waals surface area contributed by atoms with Gasteiger partial charge in [0.2, 0.25) is 0 Å². The molecule has 1 aliphatic rings. The van der Waals surface area contributed by atoms with Crippen molar-refractivity contribution < 1.29 is 4.79 Å².